The fourth-order valence-corrected chi connectivity index (χ4v) is 7.49. The molecule has 5 heteroatoms. The van der Waals surface area contributed by atoms with Crippen LogP contribution in [0.2, 0.25) is 0 Å². The van der Waals surface area contributed by atoms with Crippen molar-refractivity contribution < 1.29 is 9.59 Å². The van der Waals surface area contributed by atoms with Crippen molar-refractivity contribution in [3.8, 4) is 0 Å². The Bertz CT molecular complexity index is 1180. The summed E-state index contributed by atoms with van der Waals surface area (Å²) < 4.78 is 0. The number of amides is 2. The van der Waals surface area contributed by atoms with Gasteiger partial charge >= 0.3 is 0 Å². The third-order valence-electron chi connectivity index (χ3n) is 9.78. The predicted octanol–water partition coefficient (Wildman–Crippen LogP) is 5.90. The summed E-state index contributed by atoms with van der Waals surface area (Å²) in [7, 11) is 0. The number of para-hydroxylation sites is 1. The molecular weight excluding hydrogens is 482 g/mol. The van der Waals surface area contributed by atoms with Gasteiger partial charge in [0.1, 0.15) is 0 Å². The van der Waals surface area contributed by atoms with Crippen LogP contribution in [0.1, 0.15) is 68.9 Å². The van der Waals surface area contributed by atoms with Crippen molar-refractivity contribution >= 4 is 23.6 Å². The number of rotatable bonds is 8. The van der Waals surface area contributed by atoms with Crippen molar-refractivity contribution in [2.45, 2.75) is 63.2 Å². The summed E-state index contributed by atoms with van der Waals surface area (Å²) in [4.78, 5) is 33.2. The summed E-state index contributed by atoms with van der Waals surface area (Å²) in [5.74, 6) is 0.659. The number of allylic oxidation sites excluding steroid dienone is 1. The van der Waals surface area contributed by atoms with Crippen molar-refractivity contribution in [2.24, 2.45) is 11.8 Å². The zero-order chi connectivity index (χ0) is 26.7. The Labute approximate surface area is 233 Å². The second-order valence-corrected chi connectivity index (χ2v) is 12.3. The van der Waals surface area contributed by atoms with Gasteiger partial charge in [-0.05, 0) is 80.9 Å². The summed E-state index contributed by atoms with van der Waals surface area (Å²) in [6.07, 6.45) is 14.7. The van der Waals surface area contributed by atoms with E-state index in [1.54, 1.807) is 0 Å². The molecule has 2 aromatic carbocycles. The van der Waals surface area contributed by atoms with Crippen molar-refractivity contribution in [3.63, 3.8) is 0 Å². The molecule has 0 radical (unpaired) electrons. The molecule has 1 saturated carbocycles. The Hall–Kier alpha value is -2.92. The summed E-state index contributed by atoms with van der Waals surface area (Å²) in [6.45, 7) is 5.29. The molecule has 2 amide bonds. The van der Waals surface area contributed by atoms with Gasteiger partial charge in [-0.2, -0.15) is 0 Å². The van der Waals surface area contributed by atoms with Gasteiger partial charge in [0, 0.05) is 37.2 Å². The van der Waals surface area contributed by atoms with Gasteiger partial charge in [0.15, 0.2) is 0 Å². The summed E-state index contributed by atoms with van der Waals surface area (Å²) in [6, 6.07) is 18.9. The quantitative estimate of drug-likeness (QED) is 0.431. The number of nitrogens with zero attached hydrogens (tertiary/aromatic N) is 3. The SMILES string of the molecule is O=C1CC(C(=O)N(CCCN2CCC3(C=Cc4ccccc43)CC2)c2ccccc2)CN1CC1CCCCC1. The minimum Gasteiger partial charge on any atom is -0.342 e. The Morgan fingerprint density at radius 1 is 0.949 bits per heavy atom. The highest BCUT2D eigenvalue weighted by Crippen LogP contribution is 2.43. The summed E-state index contributed by atoms with van der Waals surface area (Å²) in [5, 5.41) is 0. The fourth-order valence-electron chi connectivity index (χ4n) is 7.49. The van der Waals surface area contributed by atoms with Crippen molar-refractivity contribution in [1.82, 2.24) is 9.80 Å². The van der Waals surface area contributed by atoms with Crippen LogP contribution in [0.25, 0.3) is 6.08 Å². The Kier molecular flexibility index (Phi) is 7.87. The second kappa shape index (κ2) is 11.7. The van der Waals surface area contributed by atoms with E-state index in [0.717, 1.165) is 51.1 Å². The fraction of sp³-hybridized carbons (Fsp3) is 0.529. The van der Waals surface area contributed by atoms with Crippen molar-refractivity contribution in [3.05, 3.63) is 71.8 Å². The predicted molar refractivity (Wildman–Crippen MR) is 158 cm³/mol. The Morgan fingerprint density at radius 2 is 1.69 bits per heavy atom. The third kappa shape index (κ3) is 5.70. The van der Waals surface area contributed by atoms with E-state index in [0.29, 0.717) is 25.4 Å². The Morgan fingerprint density at radius 3 is 2.49 bits per heavy atom. The number of hydrogen-bond donors (Lipinski definition) is 0. The lowest BCUT2D eigenvalue weighted by Gasteiger charge is -2.39. The molecule has 0 bridgehead atoms. The first-order chi connectivity index (χ1) is 19.1. The molecule has 2 aromatic rings. The molecule has 1 atom stereocenters. The molecule has 4 aliphatic rings. The van der Waals surface area contributed by atoms with Gasteiger partial charge in [0.25, 0.3) is 0 Å². The molecule has 2 aliphatic heterocycles. The van der Waals surface area contributed by atoms with Gasteiger partial charge in [-0.1, -0.05) is 73.9 Å². The van der Waals surface area contributed by atoms with Crippen LogP contribution in [0.3, 0.4) is 0 Å². The van der Waals surface area contributed by atoms with Crippen LogP contribution in [-0.4, -0.2) is 60.9 Å². The highest BCUT2D eigenvalue weighted by molar-refractivity contribution is 5.99. The maximum atomic E-state index is 13.8. The molecule has 0 aromatic heterocycles. The first-order valence-electron chi connectivity index (χ1n) is 15.3. The molecule has 206 valence electrons. The third-order valence-corrected chi connectivity index (χ3v) is 9.78. The van der Waals surface area contributed by atoms with E-state index < -0.39 is 0 Å². The maximum Gasteiger partial charge on any atom is 0.232 e. The molecule has 39 heavy (non-hydrogen) atoms. The van der Waals surface area contributed by atoms with Crippen LogP contribution in [0.4, 0.5) is 5.69 Å². The van der Waals surface area contributed by atoms with Crippen LogP contribution in [-0.2, 0) is 15.0 Å². The number of carbonyl (C=O) groups is 2. The molecule has 0 N–H and O–H groups in total. The first-order valence-corrected chi connectivity index (χ1v) is 15.3. The lowest BCUT2D eigenvalue weighted by Crippen LogP contribution is -2.43. The van der Waals surface area contributed by atoms with Gasteiger partial charge < -0.3 is 14.7 Å². The van der Waals surface area contributed by atoms with Crippen LogP contribution < -0.4 is 4.90 Å². The van der Waals surface area contributed by atoms with Crippen molar-refractivity contribution in [1.29, 1.82) is 0 Å². The van der Waals surface area contributed by atoms with E-state index in [-0.39, 0.29) is 23.1 Å². The smallest absolute Gasteiger partial charge is 0.232 e. The first kappa shape index (κ1) is 26.3. The van der Waals surface area contributed by atoms with Gasteiger partial charge in [0.2, 0.25) is 11.8 Å². The minimum atomic E-state index is -0.231. The largest absolute Gasteiger partial charge is 0.342 e. The van der Waals surface area contributed by atoms with E-state index in [1.807, 2.05) is 40.1 Å². The van der Waals surface area contributed by atoms with Crippen LogP contribution in [0.5, 0.6) is 0 Å². The molecule has 3 fully saturated rings. The minimum absolute atomic E-state index is 0.117. The van der Waals surface area contributed by atoms with E-state index in [1.165, 1.54) is 43.2 Å². The van der Waals surface area contributed by atoms with E-state index in [2.05, 4.69) is 41.3 Å². The zero-order valence-electron chi connectivity index (χ0n) is 23.3. The van der Waals surface area contributed by atoms with E-state index in [4.69, 9.17) is 0 Å². The van der Waals surface area contributed by atoms with Gasteiger partial charge in [-0.15, -0.1) is 0 Å². The van der Waals surface area contributed by atoms with E-state index in [9.17, 15) is 9.59 Å². The highest BCUT2D eigenvalue weighted by Gasteiger charge is 2.39. The average molecular weight is 526 g/mol. The molecule has 1 unspecified atom stereocenters. The highest BCUT2D eigenvalue weighted by atomic mass is 16.2. The summed E-state index contributed by atoms with van der Waals surface area (Å²) in [5.41, 5.74) is 4.03. The van der Waals surface area contributed by atoms with Crippen LogP contribution >= 0.6 is 0 Å². The number of hydrogen-bond acceptors (Lipinski definition) is 3. The molecule has 1 spiro atoms. The van der Waals surface area contributed by atoms with Crippen LogP contribution in [0, 0.1) is 11.8 Å². The maximum absolute atomic E-state index is 13.8. The van der Waals surface area contributed by atoms with Gasteiger partial charge in [-0.25, -0.2) is 0 Å². The molecule has 5 nitrogen and oxygen atoms in total. The van der Waals surface area contributed by atoms with Crippen molar-refractivity contribution in [2.75, 3.05) is 44.2 Å². The standard InChI is InChI=1S/C34H43N3O2/c38-32-24-29(26-36(32)25-27-10-3-1-4-11-27)33(39)37(30-13-5-2-6-14-30)21-9-20-35-22-18-34(19-23-35)17-16-28-12-7-8-15-31(28)34/h2,5-8,12-17,27,29H,1,3-4,9-11,18-26H2. The number of carbonyl (C=O) groups excluding carboxylic acids is 2. The zero-order valence-corrected chi connectivity index (χ0v) is 23.3. The lowest BCUT2D eigenvalue weighted by molar-refractivity contribution is -0.129. The number of piperidine rings is 1. The van der Waals surface area contributed by atoms with Gasteiger partial charge in [0.05, 0.1) is 5.92 Å². The number of fused-ring (bicyclic) bond motifs is 2. The topological polar surface area (TPSA) is 43.9 Å². The molecule has 6 rings (SSSR count). The Balaban J connectivity index is 1.04. The second-order valence-electron chi connectivity index (χ2n) is 12.3. The molecule has 2 aliphatic carbocycles. The van der Waals surface area contributed by atoms with E-state index >= 15 is 0 Å². The number of benzene rings is 2. The monoisotopic (exact) mass is 525 g/mol. The number of likely N-dealkylation sites (tertiary alicyclic amines) is 2. The number of anilines is 1. The summed E-state index contributed by atoms with van der Waals surface area (Å²) >= 11 is 0. The normalized spacial score (nSPS) is 22.9. The molecule has 2 heterocycles. The van der Waals surface area contributed by atoms with Crippen LogP contribution in [0.15, 0.2) is 60.7 Å². The lowest BCUT2D eigenvalue weighted by atomic mass is 9.74. The molecular formula is C34H43N3O2. The molecule has 2 saturated heterocycles. The average Bonchev–Trinajstić information content (AvgIpc) is 3.53. The van der Waals surface area contributed by atoms with Gasteiger partial charge in [-0.3, -0.25) is 9.59 Å².